The molecule has 1 fully saturated rings. The lowest BCUT2D eigenvalue weighted by atomic mass is 9.95. The predicted molar refractivity (Wildman–Crippen MR) is 77.9 cm³/mol. The summed E-state index contributed by atoms with van der Waals surface area (Å²) in [5, 5.41) is 23.2. The molecule has 0 bridgehead atoms. The molecule has 0 saturated carbocycles. The van der Waals surface area contributed by atoms with Crippen LogP contribution in [0.5, 0.6) is 0 Å². The standard InChI is InChI=1S/C14H17N5O3/c1-9-5-17-19(6-9)13-4-12(15-8-16-13)18-3-2-11(20)10(7-18)14(21)22/h4-6,8,10-11,20H,2-3,7H2,1H3,(H,21,22)/t10-,11-/m1/s1. The summed E-state index contributed by atoms with van der Waals surface area (Å²) in [6, 6.07) is 1.77. The van der Waals surface area contributed by atoms with Gasteiger partial charge in [0, 0.05) is 25.4 Å². The monoisotopic (exact) mass is 303 g/mol. The van der Waals surface area contributed by atoms with Gasteiger partial charge in [-0.25, -0.2) is 14.6 Å². The molecular weight excluding hydrogens is 286 g/mol. The lowest BCUT2D eigenvalue weighted by Crippen LogP contribution is -2.46. The van der Waals surface area contributed by atoms with E-state index in [-0.39, 0.29) is 6.54 Å². The second-order valence-corrected chi connectivity index (χ2v) is 5.44. The fourth-order valence-corrected chi connectivity index (χ4v) is 2.56. The number of carboxylic acids is 1. The number of anilines is 1. The van der Waals surface area contributed by atoms with Crippen LogP contribution in [0.25, 0.3) is 5.82 Å². The van der Waals surface area contributed by atoms with E-state index in [4.69, 9.17) is 0 Å². The first-order chi connectivity index (χ1) is 10.5. The summed E-state index contributed by atoms with van der Waals surface area (Å²) in [6.45, 7) is 2.72. The molecule has 0 radical (unpaired) electrons. The van der Waals surface area contributed by atoms with Crippen LogP contribution in [0, 0.1) is 12.8 Å². The Morgan fingerprint density at radius 2 is 2.14 bits per heavy atom. The van der Waals surface area contributed by atoms with E-state index in [1.165, 1.54) is 6.33 Å². The van der Waals surface area contributed by atoms with Gasteiger partial charge in [-0.2, -0.15) is 5.10 Å². The molecule has 1 aliphatic heterocycles. The van der Waals surface area contributed by atoms with E-state index < -0.39 is 18.0 Å². The number of aliphatic hydroxyl groups excluding tert-OH is 1. The summed E-state index contributed by atoms with van der Waals surface area (Å²) >= 11 is 0. The smallest absolute Gasteiger partial charge is 0.310 e. The van der Waals surface area contributed by atoms with Crippen LogP contribution in [0.2, 0.25) is 0 Å². The number of hydrogen-bond donors (Lipinski definition) is 2. The Morgan fingerprint density at radius 1 is 1.36 bits per heavy atom. The minimum absolute atomic E-state index is 0.227. The van der Waals surface area contributed by atoms with Gasteiger partial charge in [0.15, 0.2) is 5.82 Å². The number of aliphatic carboxylic acids is 1. The quantitative estimate of drug-likeness (QED) is 0.837. The van der Waals surface area contributed by atoms with Gasteiger partial charge in [-0.1, -0.05) is 0 Å². The normalized spacial score (nSPS) is 21.8. The van der Waals surface area contributed by atoms with Gasteiger partial charge in [0.25, 0.3) is 0 Å². The number of piperidine rings is 1. The van der Waals surface area contributed by atoms with E-state index >= 15 is 0 Å². The summed E-state index contributed by atoms with van der Waals surface area (Å²) in [6.07, 6.45) is 4.61. The first-order valence-corrected chi connectivity index (χ1v) is 7.04. The number of carboxylic acid groups (broad SMARTS) is 1. The number of aromatic nitrogens is 4. The summed E-state index contributed by atoms with van der Waals surface area (Å²) in [4.78, 5) is 21.5. The van der Waals surface area contributed by atoms with Gasteiger partial charge in [-0.05, 0) is 18.9 Å². The Bertz CT molecular complexity index is 687. The van der Waals surface area contributed by atoms with Crippen molar-refractivity contribution in [3.63, 3.8) is 0 Å². The number of aliphatic hydroxyl groups is 1. The SMILES string of the molecule is Cc1cnn(-c2cc(N3CC[C@@H](O)[C@H](C(=O)O)C3)ncn2)c1. The number of nitrogens with zero attached hydrogens (tertiary/aromatic N) is 5. The highest BCUT2D eigenvalue weighted by Gasteiger charge is 2.33. The van der Waals surface area contributed by atoms with Crippen LogP contribution >= 0.6 is 0 Å². The largest absolute Gasteiger partial charge is 0.481 e. The molecule has 8 nitrogen and oxygen atoms in total. The zero-order chi connectivity index (χ0) is 15.7. The Kier molecular flexibility index (Phi) is 3.76. The van der Waals surface area contributed by atoms with Gasteiger partial charge in [-0.3, -0.25) is 4.79 Å². The van der Waals surface area contributed by atoms with Crippen molar-refractivity contribution < 1.29 is 15.0 Å². The molecule has 1 saturated heterocycles. The average molecular weight is 303 g/mol. The molecule has 2 aromatic heterocycles. The van der Waals surface area contributed by atoms with E-state index in [1.807, 2.05) is 18.0 Å². The number of aryl methyl sites for hydroxylation is 1. The molecule has 0 aliphatic carbocycles. The van der Waals surface area contributed by atoms with Gasteiger partial charge in [0.05, 0.1) is 12.3 Å². The van der Waals surface area contributed by atoms with Crippen LogP contribution in [-0.2, 0) is 4.79 Å². The maximum atomic E-state index is 11.2. The third kappa shape index (κ3) is 2.77. The molecule has 0 unspecified atom stereocenters. The summed E-state index contributed by atoms with van der Waals surface area (Å²) in [7, 11) is 0. The van der Waals surface area contributed by atoms with Crippen LogP contribution in [0.15, 0.2) is 24.8 Å². The van der Waals surface area contributed by atoms with Crippen molar-refractivity contribution in [2.45, 2.75) is 19.4 Å². The molecule has 1 aliphatic rings. The molecular formula is C14H17N5O3. The zero-order valence-electron chi connectivity index (χ0n) is 12.1. The van der Waals surface area contributed by atoms with E-state index in [0.29, 0.717) is 24.6 Å². The van der Waals surface area contributed by atoms with Crippen molar-refractivity contribution in [1.82, 2.24) is 19.7 Å². The molecule has 3 heterocycles. The van der Waals surface area contributed by atoms with Crippen LogP contribution < -0.4 is 4.90 Å². The Hall–Kier alpha value is -2.48. The first-order valence-electron chi connectivity index (χ1n) is 7.04. The minimum atomic E-state index is -0.991. The fraction of sp³-hybridized carbons (Fsp3) is 0.429. The van der Waals surface area contributed by atoms with E-state index in [9.17, 15) is 15.0 Å². The van der Waals surface area contributed by atoms with Gasteiger partial charge in [0.2, 0.25) is 0 Å². The third-order valence-corrected chi connectivity index (χ3v) is 3.80. The minimum Gasteiger partial charge on any atom is -0.481 e. The van der Waals surface area contributed by atoms with Gasteiger partial charge >= 0.3 is 5.97 Å². The second-order valence-electron chi connectivity index (χ2n) is 5.44. The van der Waals surface area contributed by atoms with Crippen molar-refractivity contribution >= 4 is 11.8 Å². The van der Waals surface area contributed by atoms with Crippen LogP contribution in [0.4, 0.5) is 5.82 Å². The van der Waals surface area contributed by atoms with Gasteiger partial charge in [0.1, 0.15) is 18.1 Å². The summed E-state index contributed by atoms with van der Waals surface area (Å²) < 4.78 is 1.65. The van der Waals surface area contributed by atoms with E-state index in [1.54, 1.807) is 16.9 Å². The second kappa shape index (κ2) is 5.72. The molecule has 22 heavy (non-hydrogen) atoms. The van der Waals surface area contributed by atoms with Crippen molar-refractivity contribution in [2.75, 3.05) is 18.0 Å². The first kappa shape index (κ1) is 14.5. The Labute approximate surface area is 127 Å². The zero-order valence-corrected chi connectivity index (χ0v) is 12.1. The summed E-state index contributed by atoms with van der Waals surface area (Å²) in [5.41, 5.74) is 1.02. The van der Waals surface area contributed by atoms with Crippen molar-refractivity contribution in [3.05, 3.63) is 30.4 Å². The van der Waals surface area contributed by atoms with Crippen molar-refractivity contribution in [2.24, 2.45) is 5.92 Å². The maximum absolute atomic E-state index is 11.2. The Balaban J connectivity index is 1.84. The summed E-state index contributed by atoms with van der Waals surface area (Å²) in [5.74, 6) is -0.541. The maximum Gasteiger partial charge on any atom is 0.310 e. The molecule has 8 heteroatoms. The van der Waals surface area contributed by atoms with Gasteiger partial charge in [-0.15, -0.1) is 0 Å². The lowest BCUT2D eigenvalue weighted by Gasteiger charge is -2.34. The van der Waals surface area contributed by atoms with Crippen molar-refractivity contribution in [3.8, 4) is 5.82 Å². The van der Waals surface area contributed by atoms with E-state index in [2.05, 4.69) is 15.1 Å². The predicted octanol–water partition coefficient (Wildman–Crippen LogP) is 0.243. The van der Waals surface area contributed by atoms with Crippen LogP contribution in [0.3, 0.4) is 0 Å². The number of carbonyl (C=O) groups is 1. The van der Waals surface area contributed by atoms with E-state index in [0.717, 1.165) is 5.56 Å². The molecule has 0 amide bonds. The fourth-order valence-electron chi connectivity index (χ4n) is 2.56. The number of rotatable bonds is 3. The highest BCUT2D eigenvalue weighted by atomic mass is 16.4. The molecule has 0 aromatic carbocycles. The molecule has 0 spiro atoms. The van der Waals surface area contributed by atoms with Gasteiger partial charge < -0.3 is 15.1 Å². The van der Waals surface area contributed by atoms with Crippen LogP contribution in [-0.4, -0.2) is 55.1 Å². The number of hydrogen-bond acceptors (Lipinski definition) is 6. The molecule has 3 rings (SSSR count). The molecule has 2 N–H and O–H groups in total. The molecule has 2 aromatic rings. The van der Waals surface area contributed by atoms with Crippen LogP contribution in [0.1, 0.15) is 12.0 Å². The van der Waals surface area contributed by atoms with Crippen molar-refractivity contribution in [1.29, 1.82) is 0 Å². The third-order valence-electron chi connectivity index (χ3n) is 3.80. The topological polar surface area (TPSA) is 104 Å². The average Bonchev–Trinajstić information content (AvgIpc) is 2.94. The lowest BCUT2D eigenvalue weighted by molar-refractivity contribution is -0.146. The highest BCUT2D eigenvalue weighted by molar-refractivity contribution is 5.72. The molecule has 2 atom stereocenters. The molecule has 116 valence electrons. The Morgan fingerprint density at radius 3 is 2.82 bits per heavy atom. The highest BCUT2D eigenvalue weighted by Crippen LogP contribution is 2.23.